The highest BCUT2D eigenvalue weighted by molar-refractivity contribution is 7.93. The predicted molar refractivity (Wildman–Crippen MR) is 94.6 cm³/mol. The fourth-order valence-corrected chi connectivity index (χ4v) is 3.79. The summed E-state index contributed by atoms with van der Waals surface area (Å²) in [5, 5.41) is 22.8. The summed E-state index contributed by atoms with van der Waals surface area (Å²) in [5.74, 6) is 0.537. The minimum atomic E-state index is -4.20. The molecule has 0 bridgehead atoms. The molecule has 11 heteroatoms. The van der Waals surface area contributed by atoms with Crippen molar-refractivity contribution in [2.45, 2.75) is 18.7 Å². The lowest BCUT2D eigenvalue weighted by molar-refractivity contribution is 0.0753. The lowest BCUT2D eigenvalue weighted by Gasteiger charge is -2.23. The second-order valence-corrected chi connectivity index (χ2v) is 7.31. The highest BCUT2D eigenvalue weighted by Crippen LogP contribution is 2.27. The molecule has 1 aromatic carbocycles. The van der Waals surface area contributed by atoms with Crippen LogP contribution in [0.25, 0.3) is 0 Å². The third kappa shape index (κ3) is 4.25. The van der Waals surface area contributed by atoms with Gasteiger partial charge in [0.05, 0.1) is 18.1 Å². The van der Waals surface area contributed by atoms with Crippen molar-refractivity contribution in [2.24, 2.45) is 0 Å². The minimum Gasteiger partial charge on any atom is -0.423 e. The first kappa shape index (κ1) is 20.4. The number of aromatic nitrogens is 1. The topological polar surface area (TPSA) is 122 Å². The lowest BCUT2D eigenvalue weighted by atomic mass is 9.80. The van der Waals surface area contributed by atoms with E-state index < -0.39 is 17.1 Å². The molecule has 9 nitrogen and oxygen atoms in total. The first-order chi connectivity index (χ1) is 12.3. The normalized spacial score (nSPS) is 11.6. The Hall–Kier alpha value is -1.92. The maximum atomic E-state index is 13.2. The summed E-state index contributed by atoms with van der Waals surface area (Å²) in [4.78, 5) is -0.259. The van der Waals surface area contributed by atoms with Crippen molar-refractivity contribution < 1.29 is 32.5 Å². The molecule has 1 aromatic heterocycles. The largest absolute Gasteiger partial charge is 0.489 e. The molecule has 0 radical (unpaired) electrons. The maximum Gasteiger partial charge on any atom is 0.489 e. The Bertz CT molecular complexity index is 838. The van der Waals surface area contributed by atoms with Gasteiger partial charge in [0.1, 0.15) is 12.5 Å². The molecule has 0 amide bonds. The third-order valence-electron chi connectivity index (χ3n) is 3.77. The Labute approximate surface area is 152 Å². The summed E-state index contributed by atoms with van der Waals surface area (Å²) >= 11 is 0. The van der Waals surface area contributed by atoms with Gasteiger partial charge in [0.15, 0.2) is 5.82 Å². The zero-order valence-electron chi connectivity index (χ0n) is 14.7. The summed E-state index contributed by atoms with van der Waals surface area (Å²) in [6.45, 7) is 3.45. The molecule has 0 aliphatic heterocycles. The zero-order valence-corrected chi connectivity index (χ0v) is 15.6. The Kier molecular flexibility index (Phi) is 6.78. The van der Waals surface area contributed by atoms with Gasteiger partial charge in [0, 0.05) is 18.1 Å². The first-order valence-corrected chi connectivity index (χ1v) is 9.22. The molecule has 1 heterocycles. The van der Waals surface area contributed by atoms with Crippen LogP contribution in [0.5, 0.6) is 0 Å². The fourth-order valence-electron chi connectivity index (χ4n) is 2.22. The molecule has 0 spiro atoms. The molecule has 0 unspecified atom stereocenters. The summed E-state index contributed by atoms with van der Waals surface area (Å²) in [5.41, 5.74) is 0.387. The Morgan fingerprint density at radius 3 is 2.50 bits per heavy atom. The quantitative estimate of drug-likeness (QED) is 0.346. The number of methoxy groups -OCH3 is 1. The number of hydrogen-bond donors (Lipinski definition) is 2. The summed E-state index contributed by atoms with van der Waals surface area (Å²) in [7, 11) is -4.65. The van der Waals surface area contributed by atoms with Crippen molar-refractivity contribution in [3.8, 4) is 0 Å². The van der Waals surface area contributed by atoms with E-state index in [2.05, 4.69) is 5.16 Å². The molecule has 0 aliphatic carbocycles. The molecular weight excluding hydrogens is 363 g/mol. The van der Waals surface area contributed by atoms with E-state index in [1.54, 1.807) is 13.8 Å². The molecule has 0 atom stereocenters. The van der Waals surface area contributed by atoms with E-state index in [-0.39, 0.29) is 36.1 Å². The van der Waals surface area contributed by atoms with Gasteiger partial charge in [-0.1, -0.05) is 23.4 Å². The van der Waals surface area contributed by atoms with Gasteiger partial charge in [0.25, 0.3) is 10.0 Å². The highest BCUT2D eigenvalue weighted by Gasteiger charge is 2.33. The van der Waals surface area contributed by atoms with Crippen LogP contribution < -0.4 is 9.77 Å². The second-order valence-electron chi connectivity index (χ2n) is 5.48. The van der Waals surface area contributed by atoms with Crippen LogP contribution in [0.15, 0.2) is 33.7 Å². The van der Waals surface area contributed by atoms with Crippen molar-refractivity contribution in [2.75, 3.05) is 31.4 Å². The maximum absolute atomic E-state index is 13.2. The minimum absolute atomic E-state index is 0.0714. The van der Waals surface area contributed by atoms with E-state index in [1.807, 2.05) is 0 Å². The second kappa shape index (κ2) is 8.65. The van der Waals surface area contributed by atoms with E-state index in [0.717, 1.165) is 4.31 Å². The number of sulfonamides is 1. The smallest absolute Gasteiger partial charge is 0.423 e. The molecular formula is C15H21BN2O7S. The van der Waals surface area contributed by atoms with Crippen LogP contribution in [0.2, 0.25) is 0 Å². The van der Waals surface area contributed by atoms with Crippen LogP contribution >= 0.6 is 0 Å². The van der Waals surface area contributed by atoms with E-state index >= 15 is 0 Å². The third-order valence-corrected chi connectivity index (χ3v) is 5.56. The average Bonchev–Trinajstić information content (AvgIpc) is 2.94. The van der Waals surface area contributed by atoms with Gasteiger partial charge in [-0.2, -0.15) is 0 Å². The van der Waals surface area contributed by atoms with Crippen LogP contribution in [0.1, 0.15) is 11.3 Å². The monoisotopic (exact) mass is 384 g/mol. The number of hydrogen-bond acceptors (Lipinski definition) is 8. The van der Waals surface area contributed by atoms with E-state index in [9.17, 15) is 18.5 Å². The van der Waals surface area contributed by atoms with Crippen LogP contribution in [0, 0.1) is 13.8 Å². The number of ether oxygens (including phenoxy) is 2. The molecule has 142 valence electrons. The molecule has 0 saturated heterocycles. The van der Waals surface area contributed by atoms with Gasteiger partial charge in [-0.3, -0.25) is 0 Å². The van der Waals surface area contributed by atoms with Crippen molar-refractivity contribution in [1.82, 2.24) is 5.16 Å². The van der Waals surface area contributed by atoms with Crippen LogP contribution in [0.4, 0.5) is 5.82 Å². The zero-order chi connectivity index (χ0) is 19.3. The Morgan fingerprint density at radius 1 is 1.23 bits per heavy atom. The van der Waals surface area contributed by atoms with Crippen LogP contribution in [-0.2, 0) is 19.5 Å². The van der Waals surface area contributed by atoms with Gasteiger partial charge < -0.3 is 24.0 Å². The Balaban J connectivity index is 2.48. The van der Waals surface area contributed by atoms with Crippen molar-refractivity contribution in [3.63, 3.8) is 0 Å². The number of aryl methyl sites for hydroxylation is 1. The number of benzene rings is 1. The van der Waals surface area contributed by atoms with Gasteiger partial charge in [-0.15, -0.1) is 0 Å². The van der Waals surface area contributed by atoms with Gasteiger partial charge in [-0.25, -0.2) is 12.7 Å². The molecule has 2 aromatic rings. The highest BCUT2D eigenvalue weighted by atomic mass is 32.2. The van der Waals surface area contributed by atoms with Crippen LogP contribution in [-0.4, -0.2) is 57.8 Å². The predicted octanol–water partition coefficient (Wildman–Crippen LogP) is -0.213. The molecule has 0 saturated carbocycles. The summed E-state index contributed by atoms with van der Waals surface area (Å²) < 4.78 is 42.7. The molecule has 26 heavy (non-hydrogen) atoms. The standard InChI is InChI=1S/C15H21BN2O7S/c1-11-12(2)25-17-15(11)18(10-24-9-8-23-3)26(21,22)14-7-5-4-6-13(14)16(19)20/h4-7,19-20H,8-10H2,1-3H3. The molecule has 0 aliphatic rings. The van der Waals surface area contributed by atoms with E-state index in [1.165, 1.54) is 31.4 Å². The first-order valence-electron chi connectivity index (χ1n) is 7.78. The summed E-state index contributed by atoms with van der Waals surface area (Å²) in [6, 6.07) is 5.61. The number of nitrogens with zero attached hydrogens (tertiary/aromatic N) is 2. The van der Waals surface area contributed by atoms with E-state index in [0.29, 0.717) is 11.3 Å². The van der Waals surface area contributed by atoms with Gasteiger partial charge in [0.2, 0.25) is 0 Å². The number of anilines is 1. The average molecular weight is 384 g/mol. The molecule has 0 fully saturated rings. The molecule has 2 rings (SSSR count). The van der Waals surface area contributed by atoms with Crippen molar-refractivity contribution >= 4 is 28.4 Å². The van der Waals surface area contributed by atoms with Gasteiger partial charge >= 0.3 is 7.12 Å². The molecule has 2 N–H and O–H groups in total. The van der Waals surface area contributed by atoms with Crippen molar-refractivity contribution in [1.29, 1.82) is 0 Å². The lowest BCUT2D eigenvalue weighted by Crippen LogP contribution is -2.41. The Morgan fingerprint density at radius 2 is 1.92 bits per heavy atom. The van der Waals surface area contributed by atoms with Crippen LogP contribution in [0.3, 0.4) is 0 Å². The fraction of sp³-hybridized carbons (Fsp3) is 0.400. The number of rotatable bonds is 9. The van der Waals surface area contributed by atoms with E-state index in [4.69, 9.17) is 14.0 Å². The van der Waals surface area contributed by atoms with Gasteiger partial charge in [-0.05, 0) is 19.9 Å². The SMILES string of the molecule is COCCOCN(c1noc(C)c1C)S(=O)(=O)c1ccccc1B(O)O. The van der Waals surface area contributed by atoms with Crippen molar-refractivity contribution in [3.05, 3.63) is 35.6 Å². The summed E-state index contributed by atoms with van der Waals surface area (Å²) in [6.07, 6.45) is 0.